The van der Waals surface area contributed by atoms with E-state index in [1.54, 1.807) is 7.11 Å². The third kappa shape index (κ3) is 4.92. The topological polar surface area (TPSA) is 41.5 Å². The third-order valence-electron chi connectivity index (χ3n) is 5.83. The fraction of sp³-hybridized carbons (Fsp3) is 0.545. The van der Waals surface area contributed by atoms with E-state index in [1.807, 2.05) is 12.4 Å². The molecule has 2 aromatic rings. The molecular weight excluding hydrogens is 336 g/mol. The van der Waals surface area contributed by atoms with E-state index >= 15 is 0 Å². The second kappa shape index (κ2) is 8.91. The van der Waals surface area contributed by atoms with Gasteiger partial charge in [-0.1, -0.05) is 30.3 Å². The van der Waals surface area contributed by atoms with Crippen molar-refractivity contribution in [3.63, 3.8) is 0 Å². The van der Waals surface area contributed by atoms with Crippen molar-refractivity contribution in [2.24, 2.45) is 5.92 Å². The highest BCUT2D eigenvalue weighted by atomic mass is 16.5. The van der Waals surface area contributed by atoms with Gasteiger partial charge >= 0.3 is 0 Å². The van der Waals surface area contributed by atoms with Gasteiger partial charge in [0.05, 0.1) is 6.61 Å². The number of aromatic nitrogens is 2. The summed E-state index contributed by atoms with van der Waals surface area (Å²) in [4.78, 5) is 14.3. The van der Waals surface area contributed by atoms with Crippen LogP contribution in [-0.2, 0) is 24.2 Å². The summed E-state index contributed by atoms with van der Waals surface area (Å²) in [5.41, 5.74) is 2.64. The number of rotatable bonds is 7. The van der Waals surface area contributed by atoms with Gasteiger partial charge in [-0.3, -0.25) is 9.80 Å². The number of nitrogens with zero attached hydrogens (tertiary/aromatic N) is 4. The first-order chi connectivity index (χ1) is 13.3. The Balaban J connectivity index is 1.37. The number of ether oxygens (including phenoxy) is 1. The summed E-state index contributed by atoms with van der Waals surface area (Å²) in [6, 6.07) is 11.5. The predicted molar refractivity (Wildman–Crippen MR) is 106 cm³/mol. The van der Waals surface area contributed by atoms with Gasteiger partial charge in [-0.25, -0.2) is 9.97 Å². The molecule has 5 heteroatoms. The first-order valence-electron chi connectivity index (χ1n) is 10.1. The lowest BCUT2D eigenvalue weighted by Crippen LogP contribution is -2.43. The lowest BCUT2D eigenvalue weighted by Gasteiger charge is -2.36. The second-order valence-corrected chi connectivity index (χ2v) is 7.96. The van der Waals surface area contributed by atoms with Crippen LogP contribution >= 0.6 is 0 Å². The minimum atomic E-state index is 0.658. The van der Waals surface area contributed by atoms with Crippen molar-refractivity contribution >= 4 is 0 Å². The van der Waals surface area contributed by atoms with Gasteiger partial charge in [-0.15, -0.1) is 0 Å². The molecule has 3 aliphatic heterocycles. The van der Waals surface area contributed by atoms with E-state index in [1.165, 1.54) is 37.1 Å². The van der Waals surface area contributed by atoms with E-state index in [0.29, 0.717) is 12.6 Å². The molecule has 1 aromatic carbocycles. The van der Waals surface area contributed by atoms with Crippen molar-refractivity contribution in [2.75, 3.05) is 33.4 Å². The molecule has 0 unspecified atom stereocenters. The van der Waals surface area contributed by atoms with Crippen LogP contribution in [-0.4, -0.2) is 59.2 Å². The molecule has 0 radical (unpaired) electrons. The van der Waals surface area contributed by atoms with E-state index in [2.05, 4.69) is 50.1 Å². The SMILES string of the molecule is COCCc1ncc(CN2C[C@H]3CC[C@@H](C2)N(Cc2ccccc2)C3)cn1. The van der Waals surface area contributed by atoms with Crippen LogP contribution in [0.25, 0.3) is 0 Å². The number of methoxy groups -OCH3 is 1. The quantitative estimate of drug-likeness (QED) is 0.754. The van der Waals surface area contributed by atoms with Gasteiger partial charge in [0.15, 0.2) is 0 Å². The molecule has 0 saturated carbocycles. The predicted octanol–water partition coefficient (Wildman–Crippen LogP) is 2.76. The molecule has 1 aromatic heterocycles. The van der Waals surface area contributed by atoms with E-state index in [-0.39, 0.29) is 0 Å². The van der Waals surface area contributed by atoms with Crippen molar-refractivity contribution in [3.8, 4) is 0 Å². The van der Waals surface area contributed by atoms with Gasteiger partial charge in [0.25, 0.3) is 0 Å². The van der Waals surface area contributed by atoms with E-state index in [9.17, 15) is 0 Å². The number of piperidine rings is 1. The molecule has 5 nitrogen and oxygen atoms in total. The van der Waals surface area contributed by atoms with Crippen LogP contribution in [0, 0.1) is 5.92 Å². The highest BCUT2D eigenvalue weighted by molar-refractivity contribution is 5.15. The van der Waals surface area contributed by atoms with Gasteiger partial charge in [0, 0.05) is 70.3 Å². The Kier molecular flexibility index (Phi) is 6.12. The molecule has 144 valence electrons. The van der Waals surface area contributed by atoms with Crippen LogP contribution in [0.15, 0.2) is 42.7 Å². The molecule has 3 aliphatic rings. The fourth-order valence-electron chi connectivity index (χ4n) is 4.46. The maximum absolute atomic E-state index is 5.10. The monoisotopic (exact) mass is 366 g/mol. The minimum Gasteiger partial charge on any atom is -0.384 e. The maximum Gasteiger partial charge on any atom is 0.130 e. The third-order valence-corrected chi connectivity index (χ3v) is 5.83. The van der Waals surface area contributed by atoms with Gasteiger partial charge in [-0.2, -0.15) is 0 Å². The van der Waals surface area contributed by atoms with Gasteiger partial charge < -0.3 is 4.74 Å². The highest BCUT2D eigenvalue weighted by Gasteiger charge is 2.34. The van der Waals surface area contributed by atoms with E-state index in [4.69, 9.17) is 4.74 Å². The largest absolute Gasteiger partial charge is 0.384 e. The Morgan fingerprint density at radius 1 is 0.963 bits per heavy atom. The molecular formula is C22H30N4O. The molecule has 4 heterocycles. The highest BCUT2D eigenvalue weighted by Crippen LogP contribution is 2.29. The zero-order chi connectivity index (χ0) is 18.5. The fourth-order valence-corrected chi connectivity index (χ4v) is 4.46. The molecule has 0 amide bonds. The zero-order valence-electron chi connectivity index (χ0n) is 16.3. The van der Waals surface area contributed by atoms with Crippen molar-refractivity contribution < 1.29 is 4.74 Å². The van der Waals surface area contributed by atoms with Crippen molar-refractivity contribution in [1.82, 2.24) is 19.8 Å². The molecule has 27 heavy (non-hydrogen) atoms. The smallest absolute Gasteiger partial charge is 0.130 e. The van der Waals surface area contributed by atoms with Crippen LogP contribution in [0.1, 0.15) is 29.8 Å². The van der Waals surface area contributed by atoms with Crippen molar-refractivity contribution in [1.29, 1.82) is 0 Å². The van der Waals surface area contributed by atoms with E-state index in [0.717, 1.165) is 37.8 Å². The Labute approximate surface area is 162 Å². The molecule has 2 bridgehead atoms. The molecule has 0 aliphatic carbocycles. The van der Waals surface area contributed by atoms with Crippen LogP contribution in [0.2, 0.25) is 0 Å². The Hall–Kier alpha value is -1.82. The van der Waals surface area contributed by atoms with Crippen molar-refractivity contribution in [2.45, 2.75) is 38.4 Å². The Morgan fingerprint density at radius 2 is 1.78 bits per heavy atom. The summed E-state index contributed by atoms with van der Waals surface area (Å²) in [6.07, 6.45) is 7.44. The van der Waals surface area contributed by atoms with Gasteiger partial charge in [0.2, 0.25) is 0 Å². The average Bonchev–Trinajstić information content (AvgIpc) is 2.99. The lowest BCUT2D eigenvalue weighted by molar-refractivity contribution is 0.123. The maximum atomic E-state index is 5.10. The van der Waals surface area contributed by atoms with E-state index < -0.39 is 0 Å². The molecule has 5 rings (SSSR count). The molecule has 0 spiro atoms. The molecule has 3 fully saturated rings. The average molecular weight is 367 g/mol. The van der Waals surface area contributed by atoms with Crippen LogP contribution in [0.4, 0.5) is 0 Å². The minimum absolute atomic E-state index is 0.658. The summed E-state index contributed by atoms with van der Waals surface area (Å²) >= 11 is 0. The molecule has 3 saturated heterocycles. The number of hydrogen-bond donors (Lipinski definition) is 0. The number of fused-ring (bicyclic) bond motifs is 4. The van der Waals surface area contributed by atoms with Crippen LogP contribution < -0.4 is 0 Å². The molecule has 0 N–H and O–H groups in total. The zero-order valence-corrected chi connectivity index (χ0v) is 16.3. The van der Waals surface area contributed by atoms with Gasteiger partial charge in [0.1, 0.15) is 5.82 Å². The molecule has 2 atom stereocenters. The number of hydrogen-bond acceptors (Lipinski definition) is 5. The van der Waals surface area contributed by atoms with Crippen LogP contribution in [0.3, 0.4) is 0 Å². The van der Waals surface area contributed by atoms with Crippen LogP contribution in [0.5, 0.6) is 0 Å². The summed E-state index contributed by atoms with van der Waals surface area (Å²) in [5.74, 6) is 1.64. The lowest BCUT2D eigenvalue weighted by atomic mass is 9.94. The summed E-state index contributed by atoms with van der Waals surface area (Å²) in [5, 5.41) is 0. The Morgan fingerprint density at radius 3 is 2.56 bits per heavy atom. The Bertz CT molecular complexity index is 706. The standard InChI is InChI=1S/C22H30N4O/c1-27-10-9-22-23-11-20(12-24-22)14-25-13-19-7-8-21(17-25)26(16-19)15-18-5-3-2-4-6-18/h2-6,11-12,19,21H,7-10,13-17H2,1H3/t19-,21+/m1/s1. The summed E-state index contributed by atoms with van der Waals surface area (Å²) < 4.78 is 5.10. The normalized spacial score (nSPS) is 23.4. The summed E-state index contributed by atoms with van der Waals surface area (Å²) in [7, 11) is 1.71. The summed E-state index contributed by atoms with van der Waals surface area (Å²) in [6.45, 7) is 6.26. The number of benzene rings is 1. The van der Waals surface area contributed by atoms with Crippen molar-refractivity contribution in [3.05, 3.63) is 59.7 Å². The first-order valence-corrected chi connectivity index (χ1v) is 10.1. The second-order valence-electron chi connectivity index (χ2n) is 7.96. The van der Waals surface area contributed by atoms with Gasteiger partial charge in [-0.05, 0) is 24.3 Å². The first kappa shape index (κ1) is 18.5.